The summed E-state index contributed by atoms with van der Waals surface area (Å²) in [5.41, 5.74) is 2.84. The highest BCUT2D eigenvalue weighted by Gasteiger charge is 2.17. The first-order valence-electron chi connectivity index (χ1n) is 6.68. The molecule has 0 spiro atoms. The summed E-state index contributed by atoms with van der Waals surface area (Å²) in [6, 6.07) is 7.32. The maximum absolute atomic E-state index is 13.4. The number of nitrogens with one attached hydrogen (secondary N) is 1. The molecule has 0 amide bonds. The SMILES string of the molecule is CCNC(c1ccc(F)c(C)c1)c1ccnn1CC. The Labute approximate surface area is 113 Å². The highest BCUT2D eigenvalue weighted by Crippen LogP contribution is 2.23. The molecule has 0 aliphatic rings. The lowest BCUT2D eigenvalue weighted by Gasteiger charge is -2.20. The summed E-state index contributed by atoms with van der Waals surface area (Å²) in [5, 5.41) is 7.75. The number of hydrogen-bond acceptors (Lipinski definition) is 2. The maximum Gasteiger partial charge on any atom is 0.126 e. The molecule has 2 aromatic rings. The van der Waals surface area contributed by atoms with E-state index in [2.05, 4.69) is 24.3 Å². The van der Waals surface area contributed by atoms with Crippen LogP contribution >= 0.6 is 0 Å². The fraction of sp³-hybridized carbons (Fsp3) is 0.400. The highest BCUT2D eigenvalue weighted by molar-refractivity contribution is 5.31. The largest absolute Gasteiger partial charge is 0.305 e. The van der Waals surface area contributed by atoms with Crippen LogP contribution in [0, 0.1) is 12.7 Å². The second kappa shape index (κ2) is 5.97. The lowest BCUT2D eigenvalue weighted by atomic mass is 10.0. The predicted octanol–water partition coefficient (Wildman–Crippen LogP) is 3.05. The van der Waals surface area contributed by atoms with Gasteiger partial charge < -0.3 is 5.32 Å². The molecule has 1 N–H and O–H groups in total. The summed E-state index contributed by atoms with van der Waals surface area (Å²) in [7, 11) is 0. The van der Waals surface area contributed by atoms with Gasteiger partial charge in [-0.05, 0) is 43.7 Å². The smallest absolute Gasteiger partial charge is 0.126 e. The summed E-state index contributed by atoms with van der Waals surface area (Å²) < 4.78 is 15.4. The maximum atomic E-state index is 13.4. The average molecular weight is 261 g/mol. The van der Waals surface area contributed by atoms with Gasteiger partial charge in [0.15, 0.2) is 0 Å². The minimum Gasteiger partial charge on any atom is -0.305 e. The molecule has 0 bridgehead atoms. The number of nitrogens with zero attached hydrogens (tertiary/aromatic N) is 2. The Balaban J connectivity index is 2.42. The summed E-state index contributed by atoms with van der Waals surface area (Å²) in [5.74, 6) is -0.164. The van der Waals surface area contributed by atoms with Crippen molar-refractivity contribution in [1.82, 2.24) is 15.1 Å². The zero-order chi connectivity index (χ0) is 13.8. The Morgan fingerprint density at radius 1 is 1.32 bits per heavy atom. The Hall–Kier alpha value is -1.68. The van der Waals surface area contributed by atoms with E-state index >= 15 is 0 Å². The van der Waals surface area contributed by atoms with E-state index in [1.165, 1.54) is 6.07 Å². The lowest BCUT2D eigenvalue weighted by Crippen LogP contribution is -2.25. The number of hydrogen-bond donors (Lipinski definition) is 1. The normalized spacial score (nSPS) is 12.6. The van der Waals surface area contributed by atoms with Crippen LogP contribution in [0.3, 0.4) is 0 Å². The number of benzene rings is 1. The molecule has 1 heterocycles. The van der Waals surface area contributed by atoms with Gasteiger partial charge in [-0.1, -0.05) is 19.1 Å². The van der Waals surface area contributed by atoms with Crippen LogP contribution in [0.25, 0.3) is 0 Å². The highest BCUT2D eigenvalue weighted by atomic mass is 19.1. The Morgan fingerprint density at radius 2 is 2.11 bits per heavy atom. The molecule has 0 fully saturated rings. The van der Waals surface area contributed by atoms with Gasteiger partial charge in [0.05, 0.1) is 11.7 Å². The summed E-state index contributed by atoms with van der Waals surface area (Å²) in [4.78, 5) is 0. The van der Waals surface area contributed by atoms with Crippen LogP contribution in [0.2, 0.25) is 0 Å². The molecule has 1 unspecified atom stereocenters. The van der Waals surface area contributed by atoms with Crippen LogP contribution in [0.5, 0.6) is 0 Å². The third-order valence-electron chi connectivity index (χ3n) is 3.27. The van der Waals surface area contributed by atoms with Crippen molar-refractivity contribution in [2.24, 2.45) is 0 Å². The van der Waals surface area contributed by atoms with Gasteiger partial charge in [-0.15, -0.1) is 0 Å². The third kappa shape index (κ3) is 2.84. The van der Waals surface area contributed by atoms with E-state index in [0.29, 0.717) is 5.56 Å². The van der Waals surface area contributed by atoms with Crippen LogP contribution in [-0.2, 0) is 6.54 Å². The summed E-state index contributed by atoms with van der Waals surface area (Å²) in [6.07, 6.45) is 1.81. The molecule has 19 heavy (non-hydrogen) atoms. The number of aryl methyl sites for hydroxylation is 2. The first-order valence-corrected chi connectivity index (χ1v) is 6.68. The van der Waals surface area contributed by atoms with Crippen molar-refractivity contribution < 1.29 is 4.39 Å². The standard InChI is InChI=1S/C15H20FN3/c1-4-17-15(14-8-9-18-19(14)5-2)12-6-7-13(16)11(3)10-12/h6-10,15,17H,4-5H2,1-3H3. The number of halogens is 1. The second-order valence-corrected chi connectivity index (χ2v) is 4.57. The first-order chi connectivity index (χ1) is 9.17. The van der Waals surface area contributed by atoms with E-state index < -0.39 is 0 Å². The molecule has 0 aliphatic heterocycles. The zero-order valence-corrected chi connectivity index (χ0v) is 11.7. The fourth-order valence-corrected chi connectivity index (χ4v) is 2.30. The van der Waals surface area contributed by atoms with E-state index in [-0.39, 0.29) is 11.9 Å². The molecule has 0 saturated carbocycles. The Bertz CT molecular complexity index is 548. The van der Waals surface area contributed by atoms with Gasteiger partial charge in [0.25, 0.3) is 0 Å². The van der Waals surface area contributed by atoms with Gasteiger partial charge in [-0.3, -0.25) is 4.68 Å². The average Bonchev–Trinajstić information content (AvgIpc) is 2.87. The number of rotatable bonds is 5. The summed E-state index contributed by atoms with van der Waals surface area (Å²) in [6.45, 7) is 7.59. The number of aromatic nitrogens is 2. The Morgan fingerprint density at radius 3 is 2.74 bits per heavy atom. The van der Waals surface area contributed by atoms with Gasteiger partial charge in [0.1, 0.15) is 5.82 Å². The summed E-state index contributed by atoms with van der Waals surface area (Å²) >= 11 is 0. The van der Waals surface area contributed by atoms with Gasteiger partial charge in [0.2, 0.25) is 0 Å². The topological polar surface area (TPSA) is 29.9 Å². The molecule has 1 aromatic carbocycles. The van der Waals surface area contributed by atoms with Gasteiger partial charge in [-0.2, -0.15) is 5.10 Å². The molecule has 102 valence electrons. The monoisotopic (exact) mass is 261 g/mol. The molecular formula is C15H20FN3. The predicted molar refractivity (Wildman–Crippen MR) is 74.6 cm³/mol. The molecular weight excluding hydrogens is 241 g/mol. The minimum atomic E-state index is -0.164. The molecule has 1 aromatic heterocycles. The van der Waals surface area contributed by atoms with Crippen molar-refractivity contribution >= 4 is 0 Å². The quantitative estimate of drug-likeness (QED) is 0.896. The van der Waals surface area contributed by atoms with Crippen molar-refractivity contribution in [3.05, 3.63) is 53.1 Å². The second-order valence-electron chi connectivity index (χ2n) is 4.57. The molecule has 0 saturated heterocycles. The molecule has 4 heteroatoms. The molecule has 2 rings (SSSR count). The third-order valence-corrected chi connectivity index (χ3v) is 3.27. The van der Waals surface area contributed by atoms with Crippen molar-refractivity contribution in [2.45, 2.75) is 33.4 Å². The molecule has 0 radical (unpaired) electrons. The van der Waals surface area contributed by atoms with E-state index in [0.717, 1.165) is 24.3 Å². The van der Waals surface area contributed by atoms with E-state index in [9.17, 15) is 4.39 Å². The van der Waals surface area contributed by atoms with Gasteiger partial charge in [-0.25, -0.2) is 4.39 Å². The van der Waals surface area contributed by atoms with Gasteiger partial charge in [0, 0.05) is 12.7 Å². The van der Waals surface area contributed by atoms with Crippen LogP contribution in [0.15, 0.2) is 30.5 Å². The van der Waals surface area contributed by atoms with Crippen LogP contribution < -0.4 is 5.32 Å². The molecule has 3 nitrogen and oxygen atoms in total. The van der Waals surface area contributed by atoms with Crippen LogP contribution in [0.4, 0.5) is 4.39 Å². The Kier molecular flexibility index (Phi) is 4.32. The molecule has 1 atom stereocenters. The molecule has 0 aliphatic carbocycles. The zero-order valence-electron chi connectivity index (χ0n) is 11.7. The van der Waals surface area contributed by atoms with Crippen molar-refractivity contribution in [2.75, 3.05) is 6.54 Å². The fourth-order valence-electron chi connectivity index (χ4n) is 2.30. The van der Waals surface area contributed by atoms with E-state index in [1.54, 1.807) is 13.1 Å². The van der Waals surface area contributed by atoms with Crippen molar-refractivity contribution in [3.8, 4) is 0 Å². The van der Waals surface area contributed by atoms with Crippen LogP contribution in [0.1, 0.15) is 36.7 Å². The van der Waals surface area contributed by atoms with E-state index in [4.69, 9.17) is 0 Å². The lowest BCUT2D eigenvalue weighted by molar-refractivity contribution is 0.540. The van der Waals surface area contributed by atoms with Crippen molar-refractivity contribution in [3.63, 3.8) is 0 Å². The van der Waals surface area contributed by atoms with Gasteiger partial charge >= 0.3 is 0 Å². The first kappa shape index (κ1) is 13.7. The minimum absolute atomic E-state index is 0.0479. The van der Waals surface area contributed by atoms with Crippen LogP contribution in [-0.4, -0.2) is 16.3 Å². The van der Waals surface area contributed by atoms with Crippen molar-refractivity contribution in [1.29, 1.82) is 0 Å². The van der Waals surface area contributed by atoms with E-state index in [1.807, 2.05) is 22.9 Å².